The summed E-state index contributed by atoms with van der Waals surface area (Å²) < 4.78 is 13.0. The van der Waals surface area contributed by atoms with Gasteiger partial charge in [0.25, 0.3) is 0 Å². The van der Waals surface area contributed by atoms with Crippen LogP contribution in [0.25, 0.3) is 0 Å². The molecule has 1 amide bonds. The van der Waals surface area contributed by atoms with Crippen LogP contribution in [0, 0.1) is 5.82 Å². The van der Waals surface area contributed by atoms with E-state index in [9.17, 15) is 9.18 Å². The Kier molecular flexibility index (Phi) is 5.96. The lowest BCUT2D eigenvalue weighted by atomic mass is 10.1. The number of halogens is 2. The average Bonchev–Trinajstić information content (AvgIpc) is 2.71. The van der Waals surface area contributed by atoms with Crippen LogP contribution in [0.1, 0.15) is 19.3 Å². The lowest BCUT2D eigenvalue weighted by Gasteiger charge is -2.26. The number of nitrogens with one attached hydrogen (secondary N) is 2. The van der Waals surface area contributed by atoms with Crippen molar-refractivity contribution in [1.29, 1.82) is 0 Å². The molecule has 0 radical (unpaired) electrons. The first-order chi connectivity index (χ1) is 10.1. The summed E-state index contributed by atoms with van der Waals surface area (Å²) >= 11 is 5.90. The standard InChI is InChI=1S/C15H21ClFN3O/c1-20(12-3-2-7-18-8-6-12)10-15(21)19-14-5-4-11(17)9-13(14)16/h4-5,9,12,18H,2-3,6-8,10H2,1H3,(H,19,21). The highest BCUT2D eigenvalue weighted by atomic mass is 35.5. The fourth-order valence-electron chi connectivity index (χ4n) is 2.58. The van der Waals surface area contributed by atoms with Gasteiger partial charge in [0, 0.05) is 6.04 Å². The van der Waals surface area contributed by atoms with E-state index < -0.39 is 5.82 Å². The van der Waals surface area contributed by atoms with Crippen LogP contribution in [0.5, 0.6) is 0 Å². The second-order valence-corrected chi connectivity index (χ2v) is 5.83. The Balaban J connectivity index is 1.88. The molecule has 1 unspecified atom stereocenters. The zero-order valence-electron chi connectivity index (χ0n) is 12.2. The third-order valence-electron chi connectivity index (χ3n) is 3.77. The zero-order valence-corrected chi connectivity index (χ0v) is 12.9. The molecule has 1 aliphatic heterocycles. The molecule has 1 aromatic rings. The van der Waals surface area contributed by atoms with Crippen molar-refractivity contribution in [1.82, 2.24) is 10.2 Å². The first-order valence-corrected chi connectivity index (χ1v) is 7.60. The highest BCUT2D eigenvalue weighted by Gasteiger charge is 2.19. The molecule has 0 saturated carbocycles. The largest absolute Gasteiger partial charge is 0.324 e. The molecule has 1 atom stereocenters. The van der Waals surface area contributed by atoms with Crippen LogP contribution in [0.2, 0.25) is 5.02 Å². The summed E-state index contributed by atoms with van der Waals surface area (Å²) in [4.78, 5) is 14.1. The number of rotatable bonds is 4. The number of hydrogen-bond donors (Lipinski definition) is 2. The monoisotopic (exact) mass is 313 g/mol. The molecule has 1 saturated heterocycles. The van der Waals surface area contributed by atoms with Crippen molar-refractivity contribution in [3.63, 3.8) is 0 Å². The third kappa shape index (κ3) is 4.95. The van der Waals surface area contributed by atoms with Crippen molar-refractivity contribution in [2.45, 2.75) is 25.3 Å². The third-order valence-corrected chi connectivity index (χ3v) is 4.08. The number of carbonyl (C=O) groups is 1. The van der Waals surface area contributed by atoms with Gasteiger partial charge in [-0.25, -0.2) is 4.39 Å². The molecule has 0 aromatic heterocycles. The van der Waals surface area contributed by atoms with E-state index in [-0.39, 0.29) is 10.9 Å². The van der Waals surface area contributed by atoms with E-state index in [0.29, 0.717) is 18.3 Å². The van der Waals surface area contributed by atoms with E-state index in [2.05, 4.69) is 15.5 Å². The Bertz CT molecular complexity index is 490. The lowest BCUT2D eigenvalue weighted by Crippen LogP contribution is -2.38. The summed E-state index contributed by atoms with van der Waals surface area (Å²) in [6.45, 7) is 2.33. The molecule has 0 spiro atoms. The molecule has 0 bridgehead atoms. The number of nitrogens with zero attached hydrogens (tertiary/aromatic N) is 1. The Morgan fingerprint density at radius 2 is 2.29 bits per heavy atom. The molecule has 116 valence electrons. The first-order valence-electron chi connectivity index (χ1n) is 7.22. The minimum atomic E-state index is -0.416. The van der Waals surface area contributed by atoms with Gasteiger partial charge in [-0.1, -0.05) is 11.6 Å². The fourth-order valence-corrected chi connectivity index (χ4v) is 2.79. The van der Waals surface area contributed by atoms with Crippen molar-refractivity contribution >= 4 is 23.2 Å². The maximum absolute atomic E-state index is 13.0. The lowest BCUT2D eigenvalue weighted by molar-refractivity contribution is -0.117. The summed E-state index contributed by atoms with van der Waals surface area (Å²) in [7, 11) is 1.96. The maximum Gasteiger partial charge on any atom is 0.238 e. The molecular formula is C15H21ClFN3O. The predicted molar refractivity (Wildman–Crippen MR) is 83.2 cm³/mol. The van der Waals surface area contributed by atoms with Crippen LogP contribution >= 0.6 is 11.6 Å². The van der Waals surface area contributed by atoms with E-state index in [1.807, 2.05) is 7.05 Å². The number of benzene rings is 1. The van der Waals surface area contributed by atoms with Crippen molar-refractivity contribution in [2.24, 2.45) is 0 Å². The molecule has 21 heavy (non-hydrogen) atoms. The van der Waals surface area contributed by atoms with Gasteiger partial charge in [-0.3, -0.25) is 9.69 Å². The highest BCUT2D eigenvalue weighted by molar-refractivity contribution is 6.33. The van der Waals surface area contributed by atoms with Gasteiger partial charge < -0.3 is 10.6 Å². The van der Waals surface area contributed by atoms with Gasteiger partial charge in [0.2, 0.25) is 5.91 Å². The normalized spacial score (nSPS) is 19.3. The smallest absolute Gasteiger partial charge is 0.238 e. The predicted octanol–water partition coefficient (Wildman–Crippen LogP) is 2.49. The van der Waals surface area contributed by atoms with E-state index in [0.717, 1.165) is 32.4 Å². The van der Waals surface area contributed by atoms with Gasteiger partial charge in [0.15, 0.2) is 0 Å². The fraction of sp³-hybridized carbons (Fsp3) is 0.533. The van der Waals surface area contributed by atoms with E-state index in [1.165, 1.54) is 18.2 Å². The second kappa shape index (κ2) is 7.73. The van der Waals surface area contributed by atoms with Gasteiger partial charge in [-0.15, -0.1) is 0 Å². The van der Waals surface area contributed by atoms with E-state index in [4.69, 9.17) is 11.6 Å². The topological polar surface area (TPSA) is 44.4 Å². The van der Waals surface area contributed by atoms with Crippen LogP contribution < -0.4 is 10.6 Å². The van der Waals surface area contributed by atoms with Crippen LogP contribution in [0.4, 0.5) is 10.1 Å². The summed E-state index contributed by atoms with van der Waals surface area (Å²) in [5, 5.41) is 6.30. The molecule has 4 nitrogen and oxygen atoms in total. The molecule has 1 fully saturated rings. The Morgan fingerprint density at radius 1 is 1.48 bits per heavy atom. The van der Waals surface area contributed by atoms with Crippen molar-refractivity contribution in [3.8, 4) is 0 Å². The van der Waals surface area contributed by atoms with Crippen LogP contribution in [-0.2, 0) is 4.79 Å². The van der Waals surface area contributed by atoms with Crippen LogP contribution in [0.3, 0.4) is 0 Å². The summed E-state index contributed by atoms with van der Waals surface area (Å²) in [6, 6.07) is 4.36. The number of hydrogen-bond acceptors (Lipinski definition) is 3. The van der Waals surface area contributed by atoms with Gasteiger partial charge in [0.1, 0.15) is 5.82 Å². The molecular weight excluding hydrogens is 293 g/mol. The second-order valence-electron chi connectivity index (χ2n) is 5.42. The quantitative estimate of drug-likeness (QED) is 0.897. The van der Waals surface area contributed by atoms with Gasteiger partial charge >= 0.3 is 0 Å². The molecule has 2 rings (SSSR count). The van der Waals surface area contributed by atoms with Crippen LogP contribution in [0.15, 0.2) is 18.2 Å². The minimum absolute atomic E-state index is 0.136. The number of amides is 1. The molecule has 1 aliphatic rings. The maximum atomic E-state index is 13.0. The van der Waals surface area contributed by atoms with E-state index >= 15 is 0 Å². The van der Waals surface area contributed by atoms with Crippen LogP contribution in [-0.4, -0.2) is 43.5 Å². The Labute approximate surface area is 129 Å². The molecule has 2 N–H and O–H groups in total. The number of likely N-dealkylation sites (N-methyl/N-ethyl adjacent to an activating group) is 1. The average molecular weight is 314 g/mol. The molecule has 1 heterocycles. The van der Waals surface area contributed by atoms with Gasteiger partial charge in [0.05, 0.1) is 17.3 Å². The molecule has 6 heteroatoms. The van der Waals surface area contributed by atoms with Crippen molar-refractivity contribution < 1.29 is 9.18 Å². The van der Waals surface area contributed by atoms with E-state index in [1.54, 1.807) is 0 Å². The Morgan fingerprint density at radius 3 is 3.05 bits per heavy atom. The zero-order chi connectivity index (χ0) is 15.2. The Hall–Kier alpha value is -1.17. The SMILES string of the molecule is CN(CC(=O)Nc1ccc(F)cc1Cl)C1CCCNCC1. The highest BCUT2D eigenvalue weighted by Crippen LogP contribution is 2.22. The minimum Gasteiger partial charge on any atom is -0.324 e. The first kappa shape index (κ1) is 16.2. The summed E-state index contributed by atoms with van der Waals surface area (Å²) in [6.07, 6.45) is 3.26. The van der Waals surface area contributed by atoms with Crippen molar-refractivity contribution in [2.75, 3.05) is 32.0 Å². The molecule has 0 aliphatic carbocycles. The van der Waals surface area contributed by atoms with Crippen molar-refractivity contribution in [3.05, 3.63) is 29.0 Å². The molecule has 1 aromatic carbocycles. The van der Waals surface area contributed by atoms with Gasteiger partial charge in [-0.05, 0) is 57.6 Å². The summed E-state index contributed by atoms with van der Waals surface area (Å²) in [5.74, 6) is -0.552. The number of carbonyl (C=O) groups excluding carboxylic acids is 1. The number of anilines is 1. The summed E-state index contributed by atoms with van der Waals surface area (Å²) in [5.41, 5.74) is 0.444. The van der Waals surface area contributed by atoms with Gasteiger partial charge in [-0.2, -0.15) is 0 Å².